The van der Waals surface area contributed by atoms with Crippen LogP contribution in [0.2, 0.25) is 0 Å². The fourth-order valence-electron chi connectivity index (χ4n) is 4.86. The molecular weight excluding hydrogens is 618 g/mol. The summed E-state index contributed by atoms with van der Waals surface area (Å²) in [5.74, 6) is -4.26. The Morgan fingerprint density at radius 1 is 1.14 bits per heavy atom. The maximum absolute atomic E-state index is 13.6. The minimum atomic E-state index is -1.42. The summed E-state index contributed by atoms with van der Waals surface area (Å²) in [5.41, 5.74) is 0.536. The molecular formula is C25H27N9O8S2. The number of β-lactam (4-membered cyclic amide) rings is 1. The first kappa shape index (κ1) is 30.8. The fraction of sp³-hybridized carbons (Fsp3) is 0.400. The van der Waals surface area contributed by atoms with Gasteiger partial charge in [-0.15, -0.1) is 16.9 Å². The van der Waals surface area contributed by atoms with Crippen molar-refractivity contribution in [3.63, 3.8) is 0 Å². The van der Waals surface area contributed by atoms with E-state index in [0.29, 0.717) is 22.2 Å². The number of nitrogens with one attached hydrogen (secondary N) is 2. The van der Waals surface area contributed by atoms with E-state index < -0.39 is 53.1 Å². The van der Waals surface area contributed by atoms with Crippen LogP contribution in [0, 0.1) is 0 Å². The van der Waals surface area contributed by atoms with Gasteiger partial charge in [-0.25, -0.2) is 14.3 Å². The van der Waals surface area contributed by atoms with E-state index in [0.717, 1.165) is 4.90 Å². The molecule has 5 rings (SSSR count). The fourth-order valence-corrected chi connectivity index (χ4v) is 7.20. The minimum Gasteiger partial charge on any atom is -0.508 e. The molecule has 3 aliphatic rings. The molecule has 3 atom stereocenters. The molecule has 1 aromatic heterocycles. The summed E-state index contributed by atoms with van der Waals surface area (Å²) in [6.07, 6.45) is 0. The number of amides is 6. The highest BCUT2D eigenvalue weighted by Gasteiger charge is 2.54. The van der Waals surface area contributed by atoms with Gasteiger partial charge in [0.1, 0.15) is 28.9 Å². The topological polar surface area (TPSA) is 220 Å². The first-order valence-corrected chi connectivity index (χ1v) is 15.3. The standard InChI is InChI=1S/C25H27N9O8S2/c1-3-32-8-9-33(21(39)20(32)38)24(42)27-15(12-4-6-14(35)7-5-12)18(36)26-16-19(37)34-17(23(40)41)13(10-43-22(16)34)11-44-25-28-29-30-31(25)2/h4-7,15-16,22,35H,3,8-11H2,1-2H3,(H,26,36)(H,27,42)(H,40,41)/t15-,16?,22?/m1/s1. The van der Waals surface area contributed by atoms with Gasteiger partial charge >= 0.3 is 23.8 Å². The molecule has 2 aromatic rings. The molecule has 1 aromatic carbocycles. The Morgan fingerprint density at radius 2 is 1.86 bits per heavy atom. The highest BCUT2D eigenvalue weighted by Crippen LogP contribution is 2.41. The number of nitrogens with zero attached hydrogens (tertiary/aromatic N) is 7. The molecule has 232 valence electrons. The molecule has 2 fully saturated rings. The highest BCUT2D eigenvalue weighted by atomic mass is 32.2. The van der Waals surface area contributed by atoms with Gasteiger partial charge in [-0.2, -0.15) is 0 Å². The van der Waals surface area contributed by atoms with Crippen LogP contribution in [-0.4, -0.2) is 123 Å². The molecule has 4 heterocycles. The third kappa shape index (κ3) is 5.79. The number of thioether (sulfide) groups is 2. The predicted octanol–water partition coefficient (Wildman–Crippen LogP) is -1.11. The Labute approximate surface area is 258 Å². The lowest BCUT2D eigenvalue weighted by Gasteiger charge is -2.49. The van der Waals surface area contributed by atoms with Gasteiger partial charge in [0.05, 0.1) is 0 Å². The lowest BCUT2D eigenvalue weighted by Crippen LogP contribution is -2.71. The first-order valence-electron chi connectivity index (χ1n) is 13.3. The summed E-state index contributed by atoms with van der Waals surface area (Å²) in [5, 5.41) is 35.6. The summed E-state index contributed by atoms with van der Waals surface area (Å²) < 4.78 is 1.44. The number of carbonyl (C=O) groups excluding carboxylic acids is 5. The number of benzene rings is 1. The average molecular weight is 646 g/mol. The van der Waals surface area contributed by atoms with E-state index in [1.807, 2.05) is 0 Å². The van der Waals surface area contributed by atoms with E-state index in [9.17, 15) is 39.0 Å². The lowest BCUT2D eigenvalue weighted by atomic mass is 10.0. The van der Waals surface area contributed by atoms with Crippen LogP contribution in [-0.2, 0) is 31.0 Å². The van der Waals surface area contributed by atoms with Gasteiger partial charge in [-0.1, -0.05) is 23.9 Å². The van der Waals surface area contributed by atoms with Crippen LogP contribution in [0.3, 0.4) is 0 Å². The Morgan fingerprint density at radius 3 is 2.50 bits per heavy atom. The van der Waals surface area contributed by atoms with Crippen molar-refractivity contribution in [1.29, 1.82) is 0 Å². The second-order valence-corrected chi connectivity index (χ2v) is 11.9. The Bertz CT molecular complexity index is 1560. The summed E-state index contributed by atoms with van der Waals surface area (Å²) >= 11 is 2.49. The zero-order valence-corrected chi connectivity index (χ0v) is 25.0. The van der Waals surface area contributed by atoms with Crippen LogP contribution in [0.15, 0.2) is 40.7 Å². The molecule has 17 nitrogen and oxygen atoms in total. The number of urea groups is 1. The van der Waals surface area contributed by atoms with Crippen molar-refractivity contribution in [2.45, 2.75) is 29.5 Å². The van der Waals surface area contributed by atoms with E-state index >= 15 is 0 Å². The highest BCUT2D eigenvalue weighted by molar-refractivity contribution is 8.01. The Hall–Kier alpha value is -4.65. The van der Waals surface area contributed by atoms with Crippen LogP contribution in [0.5, 0.6) is 5.75 Å². The summed E-state index contributed by atoms with van der Waals surface area (Å²) in [6, 6.07) is 1.84. The number of likely N-dealkylation sites (N-methyl/N-ethyl adjacent to an activating group) is 1. The SMILES string of the molecule is CCN1CCN(C(=O)N[C@@H](C(=O)NC2C(=O)N3C(C(=O)O)=C(CSc4nnnn4C)CSC23)c2ccc(O)cc2)C(=O)C1=O. The third-order valence-electron chi connectivity index (χ3n) is 7.20. The van der Waals surface area contributed by atoms with Crippen molar-refractivity contribution in [1.82, 2.24) is 45.5 Å². The molecule has 2 unspecified atom stereocenters. The smallest absolute Gasteiger partial charge is 0.352 e. The molecule has 0 aliphatic carbocycles. The number of aromatic nitrogens is 4. The number of phenols is 1. The van der Waals surface area contributed by atoms with Gasteiger partial charge < -0.3 is 25.7 Å². The number of carboxylic acid groups (broad SMARTS) is 1. The maximum Gasteiger partial charge on any atom is 0.352 e. The van der Waals surface area contributed by atoms with Crippen LogP contribution in [0.4, 0.5) is 4.79 Å². The van der Waals surface area contributed by atoms with E-state index in [1.165, 1.54) is 57.4 Å². The number of aliphatic carboxylic acids is 1. The van der Waals surface area contributed by atoms with Gasteiger partial charge in [-0.05, 0) is 40.6 Å². The number of imide groups is 1. The molecule has 4 N–H and O–H groups in total. The Balaban J connectivity index is 1.31. The second-order valence-electron chi connectivity index (χ2n) is 9.84. The van der Waals surface area contributed by atoms with E-state index in [4.69, 9.17) is 0 Å². The third-order valence-corrected chi connectivity index (χ3v) is 9.63. The van der Waals surface area contributed by atoms with E-state index in [2.05, 4.69) is 26.2 Å². The number of fused-ring (bicyclic) bond motifs is 1. The molecule has 19 heteroatoms. The van der Waals surface area contributed by atoms with Crippen LogP contribution >= 0.6 is 23.5 Å². The van der Waals surface area contributed by atoms with Crippen molar-refractivity contribution in [2.75, 3.05) is 31.1 Å². The van der Waals surface area contributed by atoms with Gasteiger partial charge in [-0.3, -0.25) is 29.0 Å². The zero-order chi connectivity index (χ0) is 31.7. The normalized spacial score (nSPS) is 20.7. The van der Waals surface area contributed by atoms with Crippen molar-refractivity contribution >= 4 is 59.2 Å². The van der Waals surface area contributed by atoms with Gasteiger partial charge in [0.2, 0.25) is 11.1 Å². The van der Waals surface area contributed by atoms with Crippen LogP contribution < -0.4 is 10.6 Å². The lowest BCUT2D eigenvalue weighted by molar-refractivity contribution is -0.153. The zero-order valence-electron chi connectivity index (χ0n) is 23.4. The minimum absolute atomic E-state index is 0.0823. The summed E-state index contributed by atoms with van der Waals surface area (Å²) in [4.78, 5) is 80.1. The monoisotopic (exact) mass is 645 g/mol. The number of hydrogen-bond acceptors (Lipinski definition) is 12. The molecule has 0 radical (unpaired) electrons. The number of tetrazole rings is 1. The number of piperazine rings is 1. The largest absolute Gasteiger partial charge is 0.508 e. The van der Waals surface area contributed by atoms with Crippen molar-refractivity contribution in [2.24, 2.45) is 7.05 Å². The number of aryl methyl sites for hydroxylation is 1. The molecule has 0 saturated carbocycles. The summed E-state index contributed by atoms with van der Waals surface area (Å²) in [6.45, 7) is 2.04. The molecule has 6 amide bonds. The van der Waals surface area contributed by atoms with Gasteiger partial charge in [0, 0.05) is 38.2 Å². The van der Waals surface area contributed by atoms with Crippen molar-refractivity contribution in [3.8, 4) is 5.75 Å². The first-order chi connectivity index (χ1) is 21.0. The second kappa shape index (κ2) is 12.5. The van der Waals surface area contributed by atoms with Crippen molar-refractivity contribution < 1.29 is 39.0 Å². The predicted molar refractivity (Wildman–Crippen MR) is 153 cm³/mol. The van der Waals surface area contributed by atoms with Crippen LogP contribution in [0.1, 0.15) is 18.5 Å². The number of carboxylic acids is 1. The molecule has 2 saturated heterocycles. The van der Waals surface area contributed by atoms with Crippen molar-refractivity contribution in [3.05, 3.63) is 41.1 Å². The van der Waals surface area contributed by atoms with E-state index in [1.54, 1.807) is 14.0 Å². The number of hydrogen-bond donors (Lipinski definition) is 4. The summed E-state index contributed by atoms with van der Waals surface area (Å²) in [7, 11) is 1.64. The quantitative estimate of drug-likeness (QED) is 0.145. The number of aromatic hydroxyl groups is 1. The molecule has 0 bridgehead atoms. The molecule has 44 heavy (non-hydrogen) atoms. The van der Waals surface area contributed by atoms with Crippen LogP contribution in [0.25, 0.3) is 0 Å². The average Bonchev–Trinajstić information content (AvgIpc) is 3.42. The maximum atomic E-state index is 13.6. The molecule has 3 aliphatic heterocycles. The molecule has 0 spiro atoms. The number of phenolic OH excluding ortho intramolecular Hbond substituents is 1. The number of rotatable bonds is 9. The van der Waals surface area contributed by atoms with Gasteiger partial charge in [0.25, 0.3) is 5.91 Å². The Kier molecular flexibility index (Phi) is 8.77. The van der Waals surface area contributed by atoms with Gasteiger partial charge in [0.15, 0.2) is 0 Å². The van der Waals surface area contributed by atoms with E-state index in [-0.39, 0.29) is 41.6 Å². The number of carbonyl (C=O) groups is 6.